The Labute approximate surface area is 172 Å². The molecule has 0 saturated carbocycles. The lowest BCUT2D eigenvalue weighted by molar-refractivity contribution is -0.113. The predicted molar refractivity (Wildman–Crippen MR) is 113 cm³/mol. The fourth-order valence-corrected chi connectivity index (χ4v) is 3.49. The zero-order valence-electron chi connectivity index (χ0n) is 16.1. The number of carbonyl (C=O) groups excluding carboxylic acids is 2. The lowest BCUT2D eigenvalue weighted by Crippen LogP contribution is -2.14. The summed E-state index contributed by atoms with van der Waals surface area (Å²) in [6.45, 7) is 3.93. The summed E-state index contributed by atoms with van der Waals surface area (Å²) in [5.74, 6) is 0.476. The Hall–Kier alpha value is -3.37. The fourth-order valence-electron chi connectivity index (χ4n) is 2.72. The third kappa shape index (κ3) is 5.12. The number of nitrogens with zero attached hydrogens (tertiary/aromatic N) is 2. The molecule has 3 aromatic rings. The fraction of sp³-hybridized carbons (Fsp3) is 0.182. The van der Waals surface area contributed by atoms with Gasteiger partial charge in [-0.25, -0.2) is 4.98 Å². The maximum absolute atomic E-state index is 12.3. The molecule has 0 saturated heterocycles. The molecule has 2 aromatic carbocycles. The van der Waals surface area contributed by atoms with Crippen molar-refractivity contribution in [1.82, 2.24) is 4.98 Å². The zero-order chi connectivity index (χ0) is 20.8. The molecule has 0 atom stereocenters. The van der Waals surface area contributed by atoms with E-state index in [1.54, 1.807) is 30.3 Å². The molecule has 1 amide bonds. The summed E-state index contributed by atoms with van der Waals surface area (Å²) in [4.78, 5) is 28.3. The van der Waals surface area contributed by atoms with E-state index in [-0.39, 0.29) is 17.4 Å². The van der Waals surface area contributed by atoms with Crippen LogP contribution in [0.15, 0.2) is 53.6 Å². The molecule has 1 N–H and O–H groups in total. The summed E-state index contributed by atoms with van der Waals surface area (Å²) >= 11 is 1.19. The molecular formula is C22H19N3O3S. The smallest absolute Gasteiger partial charge is 0.234 e. The third-order valence-corrected chi connectivity index (χ3v) is 5.07. The van der Waals surface area contributed by atoms with E-state index in [0.29, 0.717) is 39.7 Å². The van der Waals surface area contributed by atoms with E-state index in [1.807, 2.05) is 25.1 Å². The number of rotatable bonds is 7. The number of amides is 1. The number of pyridine rings is 1. The average molecular weight is 405 g/mol. The second kappa shape index (κ2) is 9.22. The van der Waals surface area contributed by atoms with Crippen molar-refractivity contribution in [3.63, 3.8) is 0 Å². The Morgan fingerprint density at radius 2 is 2.03 bits per heavy atom. The predicted octanol–water partition coefficient (Wildman–Crippen LogP) is 4.44. The summed E-state index contributed by atoms with van der Waals surface area (Å²) in [5, 5.41) is 13.5. The lowest BCUT2D eigenvalue weighted by atomic mass is 10.1. The van der Waals surface area contributed by atoms with Gasteiger partial charge < -0.3 is 10.1 Å². The molecule has 0 unspecified atom stereocenters. The van der Waals surface area contributed by atoms with E-state index in [4.69, 9.17) is 4.74 Å². The largest absolute Gasteiger partial charge is 0.494 e. The zero-order valence-corrected chi connectivity index (χ0v) is 16.9. The Kier molecular flexibility index (Phi) is 6.47. The van der Waals surface area contributed by atoms with Gasteiger partial charge in [-0.3, -0.25) is 9.59 Å². The summed E-state index contributed by atoms with van der Waals surface area (Å²) in [6.07, 6.45) is 0. The molecule has 0 fully saturated rings. The molecule has 0 spiro atoms. The monoisotopic (exact) mass is 405 g/mol. The number of ketones is 1. The highest BCUT2D eigenvalue weighted by Crippen LogP contribution is 2.27. The number of thioether (sulfide) groups is 1. The Morgan fingerprint density at radius 3 is 2.76 bits per heavy atom. The number of aromatic nitrogens is 1. The minimum atomic E-state index is -0.246. The first-order valence-electron chi connectivity index (χ1n) is 9.01. The number of nitrogens with one attached hydrogen (secondary N) is 1. The highest BCUT2D eigenvalue weighted by atomic mass is 32.2. The number of fused-ring (bicyclic) bond motifs is 1. The van der Waals surface area contributed by atoms with Gasteiger partial charge in [0.2, 0.25) is 5.91 Å². The van der Waals surface area contributed by atoms with Gasteiger partial charge in [0, 0.05) is 22.7 Å². The maximum atomic E-state index is 12.3. The standard InChI is InChI=1S/C22H19N3O3S/c1-3-28-19-8-7-16-9-17(12-23)22(25-20(16)11-19)29-13-21(27)24-18-6-4-5-15(10-18)14(2)26/h4-11H,3,13H2,1-2H3,(H,24,27). The molecular weight excluding hydrogens is 386 g/mol. The number of benzene rings is 2. The minimum Gasteiger partial charge on any atom is -0.494 e. The molecule has 0 aliphatic rings. The van der Waals surface area contributed by atoms with Crippen molar-refractivity contribution in [3.8, 4) is 11.8 Å². The van der Waals surface area contributed by atoms with Crippen LogP contribution in [0.4, 0.5) is 5.69 Å². The molecule has 1 aromatic heterocycles. The van der Waals surface area contributed by atoms with E-state index >= 15 is 0 Å². The quantitative estimate of drug-likeness (QED) is 0.461. The van der Waals surface area contributed by atoms with Crippen LogP contribution < -0.4 is 10.1 Å². The Balaban J connectivity index is 1.75. The Morgan fingerprint density at radius 1 is 1.21 bits per heavy atom. The van der Waals surface area contributed by atoms with Gasteiger partial charge in [0.25, 0.3) is 0 Å². The highest BCUT2D eigenvalue weighted by molar-refractivity contribution is 8.00. The van der Waals surface area contributed by atoms with E-state index in [0.717, 1.165) is 5.39 Å². The van der Waals surface area contributed by atoms with Crippen LogP contribution in [0.5, 0.6) is 5.75 Å². The molecule has 0 radical (unpaired) electrons. The second-order valence-corrected chi connectivity index (χ2v) is 7.18. The van der Waals surface area contributed by atoms with Crippen LogP contribution in [-0.2, 0) is 4.79 Å². The van der Waals surface area contributed by atoms with Gasteiger partial charge in [-0.15, -0.1) is 0 Å². The van der Waals surface area contributed by atoms with E-state index < -0.39 is 0 Å². The lowest BCUT2D eigenvalue weighted by Gasteiger charge is -2.09. The second-order valence-electron chi connectivity index (χ2n) is 6.21. The number of carbonyl (C=O) groups is 2. The van der Waals surface area contributed by atoms with Crippen LogP contribution in [0.1, 0.15) is 29.8 Å². The van der Waals surface area contributed by atoms with Gasteiger partial charge in [-0.2, -0.15) is 5.26 Å². The van der Waals surface area contributed by atoms with Gasteiger partial charge in [-0.05, 0) is 44.2 Å². The topological polar surface area (TPSA) is 92.1 Å². The van der Waals surface area contributed by atoms with Gasteiger partial charge in [0.15, 0.2) is 5.78 Å². The molecule has 0 aliphatic heterocycles. The first kappa shape index (κ1) is 20.4. The molecule has 3 rings (SSSR count). The summed E-state index contributed by atoms with van der Waals surface area (Å²) in [5.41, 5.74) is 2.20. The number of hydrogen-bond donors (Lipinski definition) is 1. The SMILES string of the molecule is CCOc1ccc2cc(C#N)c(SCC(=O)Nc3cccc(C(C)=O)c3)nc2c1. The number of Topliss-reactive ketones (excluding diaryl/α,β-unsaturated/α-hetero) is 1. The van der Waals surface area contributed by atoms with E-state index in [9.17, 15) is 14.9 Å². The summed E-state index contributed by atoms with van der Waals surface area (Å²) in [7, 11) is 0. The molecule has 29 heavy (non-hydrogen) atoms. The molecule has 0 aliphatic carbocycles. The van der Waals surface area contributed by atoms with Gasteiger partial charge in [-0.1, -0.05) is 23.9 Å². The van der Waals surface area contributed by atoms with Crippen molar-refractivity contribution in [3.05, 3.63) is 59.7 Å². The van der Waals surface area contributed by atoms with Crippen LogP contribution in [0.25, 0.3) is 10.9 Å². The van der Waals surface area contributed by atoms with Gasteiger partial charge in [0.1, 0.15) is 16.8 Å². The van der Waals surface area contributed by atoms with Crippen LogP contribution in [0.3, 0.4) is 0 Å². The highest BCUT2D eigenvalue weighted by Gasteiger charge is 2.12. The summed E-state index contributed by atoms with van der Waals surface area (Å²) in [6, 6.07) is 16.2. The first-order valence-corrected chi connectivity index (χ1v) is 10.00. The van der Waals surface area contributed by atoms with Crippen LogP contribution >= 0.6 is 11.8 Å². The maximum Gasteiger partial charge on any atom is 0.234 e. The summed E-state index contributed by atoms with van der Waals surface area (Å²) < 4.78 is 5.50. The van der Waals surface area contributed by atoms with Crippen molar-refractivity contribution in [2.24, 2.45) is 0 Å². The van der Waals surface area contributed by atoms with Crippen LogP contribution in [0.2, 0.25) is 0 Å². The Bertz CT molecular complexity index is 1120. The van der Waals surface area contributed by atoms with Crippen molar-refractivity contribution < 1.29 is 14.3 Å². The normalized spacial score (nSPS) is 10.4. The number of nitriles is 1. The molecule has 7 heteroatoms. The third-order valence-electron chi connectivity index (χ3n) is 4.08. The van der Waals surface area contributed by atoms with Crippen molar-refractivity contribution >= 4 is 40.0 Å². The minimum absolute atomic E-state index is 0.0686. The van der Waals surface area contributed by atoms with E-state index in [2.05, 4.69) is 16.4 Å². The van der Waals surface area contributed by atoms with E-state index in [1.165, 1.54) is 18.7 Å². The van der Waals surface area contributed by atoms with Crippen LogP contribution in [-0.4, -0.2) is 29.0 Å². The first-order chi connectivity index (χ1) is 14.0. The van der Waals surface area contributed by atoms with Crippen molar-refractivity contribution in [2.75, 3.05) is 17.7 Å². The molecule has 6 nitrogen and oxygen atoms in total. The number of anilines is 1. The van der Waals surface area contributed by atoms with Gasteiger partial charge in [0.05, 0.1) is 23.4 Å². The van der Waals surface area contributed by atoms with Crippen LogP contribution in [0, 0.1) is 11.3 Å². The number of hydrogen-bond acceptors (Lipinski definition) is 6. The molecule has 0 bridgehead atoms. The number of ether oxygens (including phenoxy) is 1. The molecule has 146 valence electrons. The average Bonchev–Trinajstić information content (AvgIpc) is 2.72. The van der Waals surface area contributed by atoms with Crippen molar-refractivity contribution in [1.29, 1.82) is 5.26 Å². The molecule has 1 heterocycles. The van der Waals surface area contributed by atoms with Crippen molar-refractivity contribution in [2.45, 2.75) is 18.9 Å². The van der Waals surface area contributed by atoms with Gasteiger partial charge >= 0.3 is 0 Å².